The highest BCUT2D eigenvalue weighted by molar-refractivity contribution is 7.18. The second kappa shape index (κ2) is 8.76. The highest BCUT2D eigenvalue weighted by Gasteiger charge is 2.22. The Labute approximate surface area is 185 Å². The van der Waals surface area contributed by atoms with Gasteiger partial charge in [-0.1, -0.05) is 42.9 Å². The summed E-state index contributed by atoms with van der Waals surface area (Å²) < 4.78 is 2.24. The number of unbranched alkanes of at least 4 members (excludes halogenated alkanes) is 1. The van der Waals surface area contributed by atoms with Crippen LogP contribution in [0, 0.1) is 0 Å². The van der Waals surface area contributed by atoms with Gasteiger partial charge in [-0.2, -0.15) is 0 Å². The van der Waals surface area contributed by atoms with Crippen molar-refractivity contribution < 1.29 is 0 Å². The van der Waals surface area contributed by atoms with E-state index in [0.29, 0.717) is 0 Å². The van der Waals surface area contributed by atoms with Gasteiger partial charge in [0.1, 0.15) is 5.82 Å². The Bertz CT molecular complexity index is 1150. The fraction of sp³-hybridized carbons (Fsp3) is 0.455. The third-order valence-electron chi connectivity index (χ3n) is 5.97. The van der Waals surface area contributed by atoms with Gasteiger partial charge in [-0.3, -0.25) is 0 Å². The molecule has 0 spiro atoms. The number of H-pyrrole nitrogens is 1. The summed E-state index contributed by atoms with van der Waals surface area (Å²) >= 11 is 1.62. The number of piperazine rings is 1. The van der Waals surface area contributed by atoms with Crippen molar-refractivity contribution >= 4 is 27.4 Å². The van der Waals surface area contributed by atoms with Crippen LogP contribution in [0.15, 0.2) is 30.5 Å². The molecule has 1 fully saturated rings. The molecule has 9 heteroatoms. The van der Waals surface area contributed by atoms with E-state index in [-0.39, 0.29) is 0 Å². The minimum absolute atomic E-state index is 0.741. The van der Waals surface area contributed by atoms with Gasteiger partial charge >= 0.3 is 0 Å². The number of rotatable bonds is 7. The molecule has 0 atom stereocenters. The number of likely N-dealkylation sites (N-methyl/N-ethyl adjacent to an activating group) is 1. The minimum atomic E-state index is 0.741. The molecule has 0 saturated carbocycles. The number of nitrogens with one attached hydrogen (secondary N) is 1. The number of nitrogens with zero attached hydrogens (tertiary/aromatic N) is 7. The van der Waals surface area contributed by atoms with Gasteiger partial charge < -0.3 is 19.4 Å². The largest absolute Gasteiger partial charge is 0.361 e. The number of fused-ring (bicyclic) bond motifs is 1. The first-order valence-corrected chi connectivity index (χ1v) is 11.8. The average molecular weight is 437 g/mol. The molecule has 162 valence electrons. The van der Waals surface area contributed by atoms with Gasteiger partial charge in [0.25, 0.3) is 0 Å². The number of para-hydroxylation sites is 1. The van der Waals surface area contributed by atoms with Crippen molar-refractivity contribution in [2.45, 2.75) is 32.7 Å². The summed E-state index contributed by atoms with van der Waals surface area (Å²) in [5.74, 6) is 1.81. The second-order valence-corrected chi connectivity index (χ2v) is 9.12. The summed E-state index contributed by atoms with van der Waals surface area (Å²) in [6.45, 7) is 7.17. The lowest BCUT2D eigenvalue weighted by Gasteiger charge is -2.31. The number of aromatic amines is 1. The molecule has 5 rings (SSSR count). The van der Waals surface area contributed by atoms with Gasteiger partial charge in [0.05, 0.1) is 0 Å². The fourth-order valence-corrected chi connectivity index (χ4v) is 4.95. The molecule has 0 unspecified atom stereocenters. The van der Waals surface area contributed by atoms with Gasteiger partial charge in [0.15, 0.2) is 10.8 Å². The molecule has 0 amide bonds. The van der Waals surface area contributed by atoms with E-state index in [9.17, 15) is 0 Å². The standard InChI is InChI=1S/C22H28N8S/c1-3-4-9-30-19(14-16-15-23-18-8-6-5-7-17(16)18)24-25-20(30)21-26-27-22(31-21)29-12-10-28(2)11-13-29/h5-8,15,23H,3-4,9-14H2,1-2H3. The summed E-state index contributed by atoms with van der Waals surface area (Å²) in [6, 6.07) is 8.39. The maximum absolute atomic E-state index is 4.58. The van der Waals surface area contributed by atoms with Crippen molar-refractivity contribution in [3.63, 3.8) is 0 Å². The van der Waals surface area contributed by atoms with E-state index in [4.69, 9.17) is 0 Å². The molecule has 4 aromatic rings. The van der Waals surface area contributed by atoms with Crippen LogP contribution in [0.2, 0.25) is 0 Å². The Morgan fingerprint density at radius 3 is 2.71 bits per heavy atom. The first-order chi connectivity index (χ1) is 15.2. The first kappa shape index (κ1) is 20.1. The van der Waals surface area contributed by atoms with Crippen LogP contribution in [-0.4, -0.2) is 68.1 Å². The van der Waals surface area contributed by atoms with Gasteiger partial charge in [-0.05, 0) is 25.1 Å². The van der Waals surface area contributed by atoms with Crippen molar-refractivity contribution in [3.8, 4) is 10.8 Å². The predicted molar refractivity (Wildman–Crippen MR) is 125 cm³/mol. The highest BCUT2D eigenvalue weighted by atomic mass is 32.1. The van der Waals surface area contributed by atoms with E-state index in [0.717, 1.165) is 79.3 Å². The molecular formula is C22H28N8S. The van der Waals surface area contributed by atoms with Gasteiger partial charge in [-0.25, -0.2) is 0 Å². The van der Waals surface area contributed by atoms with Crippen LogP contribution < -0.4 is 4.90 Å². The Morgan fingerprint density at radius 2 is 1.87 bits per heavy atom. The SMILES string of the molecule is CCCCn1c(Cc2c[nH]c3ccccc23)nnc1-c1nnc(N2CCN(C)CC2)s1. The number of hydrogen-bond acceptors (Lipinski definition) is 7. The monoisotopic (exact) mass is 436 g/mol. The molecule has 31 heavy (non-hydrogen) atoms. The van der Waals surface area contributed by atoms with Gasteiger partial charge in [0.2, 0.25) is 5.13 Å². The van der Waals surface area contributed by atoms with Crippen molar-refractivity contribution in [2.24, 2.45) is 0 Å². The zero-order valence-corrected chi connectivity index (χ0v) is 18.9. The molecule has 3 aromatic heterocycles. The Kier molecular flexibility index (Phi) is 5.69. The van der Waals surface area contributed by atoms with Crippen molar-refractivity contribution in [3.05, 3.63) is 41.9 Å². The lowest BCUT2D eigenvalue weighted by molar-refractivity contribution is 0.312. The molecule has 1 aliphatic rings. The number of hydrogen-bond donors (Lipinski definition) is 1. The topological polar surface area (TPSA) is 78.8 Å². The lowest BCUT2D eigenvalue weighted by atomic mass is 10.1. The maximum atomic E-state index is 4.58. The molecule has 1 aliphatic heterocycles. The summed E-state index contributed by atoms with van der Waals surface area (Å²) in [4.78, 5) is 8.03. The second-order valence-electron chi connectivity index (χ2n) is 8.16. The average Bonchev–Trinajstić information content (AvgIpc) is 3.52. The molecule has 1 aromatic carbocycles. The quantitative estimate of drug-likeness (QED) is 0.478. The van der Waals surface area contributed by atoms with E-state index in [2.05, 4.69) is 84.2 Å². The Balaban J connectivity index is 1.43. The van der Waals surface area contributed by atoms with Crippen LogP contribution in [0.5, 0.6) is 0 Å². The normalized spacial score (nSPS) is 15.2. The zero-order chi connectivity index (χ0) is 21.2. The molecule has 1 N–H and O–H groups in total. The summed E-state index contributed by atoms with van der Waals surface area (Å²) in [5.41, 5.74) is 2.39. The summed E-state index contributed by atoms with van der Waals surface area (Å²) in [7, 11) is 2.16. The van der Waals surface area contributed by atoms with E-state index in [1.54, 1.807) is 11.3 Å². The minimum Gasteiger partial charge on any atom is -0.361 e. The molecule has 0 radical (unpaired) electrons. The van der Waals surface area contributed by atoms with Crippen LogP contribution in [0.25, 0.3) is 21.7 Å². The van der Waals surface area contributed by atoms with Gasteiger partial charge in [0, 0.05) is 56.2 Å². The third kappa shape index (κ3) is 4.07. The van der Waals surface area contributed by atoms with Crippen molar-refractivity contribution in [1.29, 1.82) is 0 Å². The van der Waals surface area contributed by atoms with Crippen LogP contribution >= 0.6 is 11.3 Å². The molecule has 1 saturated heterocycles. The summed E-state index contributed by atoms with van der Waals surface area (Å²) in [6.07, 6.45) is 5.02. The highest BCUT2D eigenvalue weighted by Crippen LogP contribution is 2.30. The summed E-state index contributed by atoms with van der Waals surface area (Å²) in [5, 5.41) is 21.2. The first-order valence-electron chi connectivity index (χ1n) is 11.0. The molecule has 0 bridgehead atoms. The molecular weight excluding hydrogens is 408 g/mol. The Morgan fingerprint density at radius 1 is 1.03 bits per heavy atom. The van der Waals surface area contributed by atoms with Crippen molar-refractivity contribution in [1.82, 2.24) is 34.8 Å². The third-order valence-corrected chi connectivity index (χ3v) is 6.95. The van der Waals surface area contributed by atoms with E-state index >= 15 is 0 Å². The molecule has 8 nitrogen and oxygen atoms in total. The number of anilines is 1. The number of benzene rings is 1. The van der Waals surface area contributed by atoms with Crippen molar-refractivity contribution in [2.75, 3.05) is 38.1 Å². The van der Waals surface area contributed by atoms with Crippen LogP contribution in [0.1, 0.15) is 31.2 Å². The molecule has 4 heterocycles. The van der Waals surface area contributed by atoms with Crippen LogP contribution in [0.4, 0.5) is 5.13 Å². The van der Waals surface area contributed by atoms with Crippen LogP contribution in [0.3, 0.4) is 0 Å². The predicted octanol–water partition coefficient (Wildman–Crippen LogP) is 3.42. The Hall–Kier alpha value is -2.78. The van der Waals surface area contributed by atoms with Crippen LogP contribution in [-0.2, 0) is 13.0 Å². The number of aromatic nitrogens is 6. The maximum Gasteiger partial charge on any atom is 0.208 e. The smallest absolute Gasteiger partial charge is 0.208 e. The zero-order valence-electron chi connectivity index (χ0n) is 18.1. The van der Waals surface area contributed by atoms with E-state index in [1.165, 1.54) is 10.9 Å². The van der Waals surface area contributed by atoms with E-state index in [1.807, 2.05) is 0 Å². The lowest BCUT2D eigenvalue weighted by Crippen LogP contribution is -2.44. The van der Waals surface area contributed by atoms with E-state index < -0.39 is 0 Å². The molecule has 0 aliphatic carbocycles. The fourth-order valence-electron chi connectivity index (χ4n) is 4.06. The van der Waals surface area contributed by atoms with Gasteiger partial charge in [-0.15, -0.1) is 20.4 Å².